The second-order valence-electron chi connectivity index (χ2n) is 2.60. The van der Waals surface area contributed by atoms with Gasteiger partial charge in [0, 0.05) is 0 Å². The molecule has 0 atom stereocenters. The Hall–Kier alpha value is -1.60. The first kappa shape index (κ1) is 8.02. The number of nitrogen functional groups attached to an aromatic ring is 1. The summed E-state index contributed by atoms with van der Waals surface area (Å²) in [6, 6.07) is 3.25. The largest absolute Gasteiger partial charge is 0.526 e. The number of rotatable bonds is 1. The molecular weight excluding hydrogens is 171 g/mol. The second-order valence-corrected chi connectivity index (χ2v) is 2.60. The van der Waals surface area contributed by atoms with Gasteiger partial charge < -0.3 is 20.8 Å². The van der Waals surface area contributed by atoms with E-state index < -0.39 is 7.12 Å². The van der Waals surface area contributed by atoms with Gasteiger partial charge in [-0.1, -0.05) is 0 Å². The van der Waals surface area contributed by atoms with Crippen LogP contribution in [-0.2, 0) is 0 Å². The maximum Gasteiger partial charge on any atom is 0.526 e. The number of nitrogens with zero attached hydrogens (tertiary/aromatic N) is 2. The van der Waals surface area contributed by atoms with Crippen LogP contribution in [0.2, 0.25) is 0 Å². The fourth-order valence-corrected chi connectivity index (χ4v) is 1.05. The molecule has 0 saturated carbocycles. The maximum absolute atomic E-state index is 8.80. The molecule has 0 spiro atoms. The van der Waals surface area contributed by atoms with Crippen LogP contribution in [0.25, 0.3) is 11.2 Å². The summed E-state index contributed by atoms with van der Waals surface area (Å²) in [5.41, 5.74) is 6.49. The van der Waals surface area contributed by atoms with Crippen LogP contribution < -0.4 is 11.5 Å². The molecule has 0 aromatic carbocycles. The van der Waals surface area contributed by atoms with Crippen molar-refractivity contribution in [1.29, 1.82) is 0 Å². The number of nitrogens with one attached hydrogen (secondary N) is 1. The van der Waals surface area contributed by atoms with Crippen LogP contribution in [-0.4, -0.2) is 32.1 Å². The highest BCUT2D eigenvalue weighted by atomic mass is 16.4. The Morgan fingerprint density at radius 2 is 2.08 bits per heavy atom. The summed E-state index contributed by atoms with van der Waals surface area (Å²) in [5.74, 6) is 0.357. The van der Waals surface area contributed by atoms with Gasteiger partial charge in [0.05, 0.1) is 0 Å². The highest BCUT2D eigenvalue weighted by Gasteiger charge is 2.16. The summed E-state index contributed by atoms with van der Waals surface area (Å²) in [4.78, 5) is 10.4. The minimum Gasteiger partial charge on any atom is -0.421 e. The van der Waals surface area contributed by atoms with Gasteiger partial charge >= 0.3 is 7.12 Å². The lowest BCUT2D eigenvalue weighted by Crippen LogP contribution is -2.33. The Morgan fingerprint density at radius 1 is 1.31 bits per heavy atom. The van der Waals surface area contributed by atoms with Gasteiger partial charge in [0.15, 0.2) is 5.65 Å². The lowest BCUT2D eigenvalue weighted by molar-refractivity contribution is 0.423. The minimum absolute atomic E-state index is 0.0631. The van der Waals surface area contributed by atoms with E-state index in [1.165, 1.54) is 0 Å². The van der Waals surface area contributed by atoms with Crippen molar-refractivity contribution in [3.8, 4) is 0 Å². The Bertz CT molecular complexity index is 441. The molecule has 0 saturated heterocycles. The molecular formula is C6H7BN4O2. The van der Waals surface area contributed by atoms with Gasteiger partial charge in [0.1, 0.15) is 17.1 Å². The smallest absolute Gasteiger partial charge is 0.421 e. The summed E-state index contributed by atoms with van der Waals surface area (Å²) in [5, 5.41) is 17.6. The number of H-pyrrole nitrogens is 1. The maximum atomic E-state index is 8.80. The first-order valence-electron chi connectivity index (χ1n) is 3.65. The van der Waals surface area contributed by atoms with Crippen LogP contribution >= 0.6 is 0 Å². The summed E-state index contributed by atoms with van der Waals surface area (Å²) >= 11 is 0. The van der Waals surface area contributed by atoms with E-state index in [0.717, 1.165) is 0 Å². The monoisotopic (exact) mass is 178 g/mol. The van der Waals surface area contributed by atoms with Gasteiger partial charge in [0.25, 0.3) is 0 Å². The van der Waals surface area contributed by atoms with E-state index in [1.807, 2.05) is 0 Å². The third kappa shape index (κ3) is 1.34. The molecule has 7 heteroatoms. The van der Waals surface area contributed by atoms with Crippen molar-refractivity contribution in [3.05, 3.63) is 12.1 Å². The molecule has 2 aromatic rings. The van der Waals surface area contributed by atoms with Crippen molar-refractivity contribution in [3.63, 3.8) is 0 Å². The predicted molar refractivity (Wildman–Crippen MR) is 48.1 cm³/mol. The Balaban J connectivity index is 2.62. The van der Waals surface area contributed by atoms with E-state index in [2.05, 4.69) is 15.0 Å². The van der Waals surface area contributed by atoms with Gasteiger partial charge in [-0.25, -0.2) is 9.97 Å². The summed E-state index contributed by atoms with van der Waals surface area (Å²) in [6.45, 7) is 0. The first-order chi connectivity index (χ1) is 6.16. The zero-order valence-corrected chi connectivity index (χ0v) is 6.60. The van der Waals surface area contributed by atoms with Gasteiger partial charge in [-0.05, 0) is 12.1 Å². The molecule has 2 rings (SSSR count). The van der Waals surface area contributed by atoms with Crippen molar-refractivity contribution >= 4 is 29.8 Å². The SMILES string of the molecule is Nc1ccc2nc(B(O)O)[nH]c2n1. The number of hydrogen-bond donors (Lipinski definition) is 4. The Labute approximate surface area is 73.6 Å². The van der Waals surface area contributed by atoms with Crippen LogP contribution in [0.1, 0.15) is 0 Å². The number of pyridine rings is 1. The van der Waals surface area contributed by atoms with Crippen molar-refractivity contribution in [2.24, 2.45) is 0 Å². The van der Waals surface area contributed by atoms with Crippen molar-refractivity contribution in [2.75, 3.05) is 5.73 Å². The molecule has 6 nitrogen and oxygen atoms in total. The number of fused-ring (bicyclic) bond motifs is 1. The van der Waals surface area contributed by atoms with E-state index in [0.29, 0.717) is 17.0 Å². The predicted octanol–water partition coefficient (Wildman–Crippen LogP) is -1.78. The lowest BCUT2D eigenvalue weighted by atomic mass is 9.91. The zero-order valence-electron chi connectivity index (χ0n) is 6.60. The topological polar surface area (TPSA) is 108 Å². The summed E-state index contributed by atoms with van der Waals surface area (Å²) < 4.78 is 0. The van der Waals surface area contributed by atoms with Crippen LogP contribution in [0.15, 0.2) is 12.1 Å². The van der Waals surface area contributed by atoms with Gasteiger partial charge in [-0.3, -0.25) is 0 Å². The van der Waals surface area contributed by atoms with E-state index in [9.17, 15) is 0 Å². The molecule has 2 aromatic heterocycles. The standard InChI is InChI=1S/C6H7BN4O2/c8-4-2-1-3-5(10-4)11-6(9-3)7(12)13/h1-2,12-13H,(H3,8,9,10,11). The molecule has 0 fully saturated rings. The second kappa shape index (κ2) is 2.72. The third-order valence-corrected chi connectivity index (χ3v) is 1.63. The molecule has 0 bridgehead atoms. The quantitative estimate of drug-likeness (QED) is 0.386. The minimum atomic E-state index is -1.62. The van der Waals surface area contributed by atoms with Crippen molar-refractivity contribution in [2.45, 2.75) is 0 Å². The van der Waals surface area contributed by atoms with Crippen LogP contribution in [0.3, 0.4) is 0 Å². The number of imidazole rings is 1. The van der Waals surface area contributed by atoms with Crippen molar-refractivity contribution < 1.29 is 10.0 Å². The molecule has 0 aliphatic rings. The molecule has 13 heavy (non-hydrogen) atoms. The Morgan fingerprint density at radius 3 is 2.77 bits per heavy atom. The van der Waals surface area contributed by atoms with E-state index in [1.54, 1.807) is 12.1 Å². The van der Waals surface area contributed by atoms with Gasteiger partial charge in [0.2, 0.25) is 0 Å². The fourth-order valence-electron chi connectivity index (χ4n) is 1.05. The average Bonchev–Trinajstić information content (AvgIpc) is 2.46. The van der Waals surface area contributed by atoms with Crippen LogP contribution in [0, 0.1) is 0 Å². The zero-order chi connectivity index (χ0) is 9.42. The first-order valence-corrected chi connectivity index (χ1v) is 3.65. The average molecular weight is 178 g/mol. The van der Waals surface area contributed by atoms with Gasteiger partial charge in [-0.2, -0.15) is 0 Å². The normalized spacial score (nSPS) is 10.6. The Kier molecular flexibility index (Phi) is 1.68. The molecule has 0 amide bonds. The van der Waals surface area contributed by atoms with Crippen LogP contribution in [0.5, 0.6) is 0 Å². The number of nitrogens with two attached hydrogens (primary N) is 1. The third-order valence-electron chi connectivity index (χ3n) is 1.63. The fraction of sp³-hybridized carbons (Fsp3) is 0. The number of aromatic nitrogens is 3. The van der Waals surface area contributed by atoms with Gasteiger partial charge in [-0.15, -0.1) is 0 Å². The molecule has 0 aliphatic carbocycles. The molecule has 0 radical (unpaired) electrons. The molecule has 0 aliphatic heterocycles. The van der Waals surface area contributed by atoms with Crippen LogP contribution in [0.4, 0.5) is 5.82 Å². The molecule has 5 N–H and O–H groups in total. The highest BCUT2D eigenvalue weighted by Crippen LogP contribution is 2.06. The lowest BCUT2D eigenvalue weighted by Gasteiger charge is -1.89. The summed E-state index contributed by atoms with van der Waals surface area (Å²) in [7, 11) is -1.62. The van der Waals surface area contributed by atoms with E-state index in [4.69, 9.17) is 15.8 Å². The molecule has 0 unspecified atom stereocenters. The number of aromatic amines is 1. The number of anilines is 1. The summed E-state index contributed by atoms with van der Waals surface area (Å²) in [6.07, 6.45) is 0. The van der Waals surface area contributed by atoms with E-state index >= 15 is 0 Å². The van der Waals surface area contributed by atoms with E-state index in [-0.39, 0.29) is 5.72 Å². The number of hydrogen-bond acceptors (Lipinski definition) is 5. The van der Waals surface area contributed by atoms with Crippen molar-refractivity contribution in [1.82, 2.24) is 15.0 Å². The molecule has 66 valence electrons. The highest BCUT2D eigenvalue weighted by molar-refractivity contribution is 6.56. The molecule has 2 heterocycles.